The Labute approximate surface area is 164 Å². The molecule has 0 aliphatic heterocycles. The van der Waals surface area contributed by atoms with E-state index in [0.29, 0.717) is 16.6 Å². The van der Waals surface area contributed by atoms with Crippen LogP contribution in [0.5, 0.6) is 0 Å². The second kappa shape index (κ2) is 11.8. The maximum Gasteiger partial charge on any atom is 0.201 e. The quantitative estimate of drug-likeness (QED) is 0.205. The zero-order valence-corrected chi connectivity index (χ0v) is 19.3. The molecule has 26 heavy (non-hydrogen) atoms. The Kier molecular flexibility index (Phi) is 10.5. The number of allylic oxidation sites excluding steroid dienone is 1. The summed E-state index contributed by atoms with van der Waals surface area (Å²) < 4.78 is 7.08. The molecule has 0 fully saturated rings. The molecule has 1 aromatic carbocycles. The van der Waals surface area contributed by atoms with Gasteiger partial charge >= 0.3 is 0 Å². The first-order valence-electron chi connectivity index (χ1n) is 10.7. The van der Waals surface area contributed by atoms with Crippen molar-refractivity contribution in [3.05, 3.63) is 48.0 Å². The molecule has 148 valence electrons. The fourth-order valence-corrected chi connectivity index (χ4v) is 9.93. The monoisotopic (exact) mass is 374 g/mol. The van der Waals surface area contributed by atoms with Gasteiger partial charge in [-0.25, -0.2) is 0 Å². The molecule has 0 amide bonds. The smallest absolute Gasteiger partial charge is 0.201 e. The molecule has 1 rings (SSSR count). The van der Waals surface area contributed by atoms with E-state index < -0.39 is 8.32 Å². The zero-order valence-electron chi connectivity index (χ0n) is 18.3. The van der Waals surface area contributed by atoms with Crippen LogP contribution in [0.1, 0.15) is 79.7 Å². The molecule has 0 saturated heterocycles. The van der Waals surface area contributed by atoms with Gasteiger partial charge in [0.1, 0.15) is 0 Å². The minimum absolute atomic E-state index is 0.242. The van der Waals surface area contributed by atoms with Crippen LogP contribution in [0.25, 0.3) is 0 Å². The number of unbranched alkanes of at least 4 members (excludes halogenated alkanes) is 2. The minimum atomic E-state index is -1.85. The van der Waals surface area contributed by atoms with Crippen LogP contribution in [0, 0.1) is 0 Å². The SMILES string of the molecule is CCCC/C=C\C(CCc1ccccc1)O[Si](C(C)C)(C(C)C)C(C)C. The molecule has 0 spiro atoms. The lowest BCUT2D eigenvalue weighted by Gasteiger charge is -2.44. The lowest BCUT2D eigenvalue weighted by molar-refractivity contribution is 0.207. The third-order valence-corrected chi connectivity index (χ3v) is 11.8. The molecule has 0 aliphatic rings. The van der Waals surface area contributed by atoms with Crippen molar-refractivity contribution >= 4 is 8.32 Å². The largest absolute Gasteiger partial charge is 0.410 e. The first-order valence-corrected chi connectivity index (χ1v) is 12.9. The van der Waals surface area contributed by atoms with E-state index in [-0.39, 0.29) is 6.10 Å². The predicted molar refractivity (Wildman–Crippen MR) is 119 cm³/mol. The van der Waals surface area contributed by atoms with Gasteiger partial charge in [0.05, 0.1) is 6.10 Å². The van der Waals surface area contributed by atoms with Crippen molar-refractivity contribution in [2.45, 2.75) is 103 Å². The summed E-state index contributed by atoms with van der Waals surface area (Å²) in [5, 5.41) is 0. The van der Waals surface area contributed by atoms with Gasteiger partial charge in [-0.2, -0.15) is 0 Å². The molecule has 0 aliphatic carbocycles. The molecule has 0 bridgehead atoms. The third kappa shape index (κ3) is 6.70. The van der Waals surface area contributed by atoms with Crippen molar-refractivity contribution in [3.63, 3.8) is 0 Å². The van der Waals surface area contributed by atoms with Crippen molar-refractivity contribution in [3.8, 4) is 0 Å². The standard InChI is InChI=1S/C24H42OSi/c1-8-9-10-14-17-24(19-18-23-15-12-11-13-16-23)25-26(20(2)3,21(4)5)22(6)7/h11-17,20-22,24H,8-10,18-19H2,1-7H3/b17-14-. The minimum Gasteiger partial charge on any atom is -0.410 e. The Morgan fingerprint density at radius 2 is 1.50 bits per heavy atom. The summed E-state index contributed by atoms with van der Waals surface area (Å²) >= 11 is 0. The molecule has 1 nitrogen and oxygen atoms in total. The van der Waals surface area contributed by atoms with E-state index in [4.69, 9.17) is 4.43 Å². The van der Waals surface area contributed by atoms with Crippen LogP contribution in [0.2, 0.25) is 16.6 Å². The summed E-state index contributed by atoms with van der Waals surface area (Å²) in [5.41, 5.74) is 3.30. The number of benzene rings is 1. The molecule has 1 unspecified atom stereocenters. The lowest BCUT2D eigenvalue weighted by Crippen LogP contribution is -2.50. The van der Waals surface area contributed by atoms with Crippen molar-refractivity contribution in [2.75, 3.05) is 0 Å². The summed E-state index contributed by atoms with van der Waals surface area (Å²) in [6.45, 7) is 16.5. The summed E-state index contributed by atoms with van der Waals surface area (Å²) in [7, 11) is -1.85. The average Bonchev–Trinajstić information content (AvgIpc) is 2.60. The maximum atomic E-state index is 7.08. The summed E-state index contributed by atoms with van der Waals surface area (Å²) in [6.07, 6.45) is 10.8. The predicted octanol–water partition coefficient (Wildman–Crippen LogP) is 7.93. The van der Waals surface area contributed by atoms with Crippen molar-refractivity contribution in [1.82, 2.24) is 0 Å². The fourth-order valence-electron chi connectivity index (χ4n) is 4.39. The summed E-state index contributed by atoms with van der Waals surface area (Å²) in [4.78, 5) is 0. The van der Waals surface area contributed by atoms with E-state index in [9.17, 15) is 0 Å². The highest BCUT2D eigenvalue weighted by Crippen LogP contribution is 2.43. The molecule has 1 aromatic rings. The van der Waals surface area contributed by atoms with Gasteiger partial charge in [0.25, 0.3) is 0 Å². The maximum absolute atomic E-state index is 7.08. The zero-order chi connectivity index (χ0) is 19.6. The van der Waals surface area contributed by atoms with Crippen LogP contribution < -0.4 is 0 Å². The van der Waals surface area contributed by atoms with Gasteiger partial charge in [0.15, 0.2) is 0 Å². The normalized spacial score (nSPS) is 14.1. The fraction of sp³-hybridized carbons (Fsp3) is 0.667. The van der Waals surface area contributed by atoms with E-state index >= 15 is 0 Å². The van der Waals surface area contributed by atoms with Crippen molar-refractivity contribution in [2.24, 2.45) is 0 Å². The van der Waals surface area contributed by atoms with Crippen LogP contribution in [-0.4, -0.2) is 14.4 Å². The van der Waals surface area contributed by atoms with E-state index in [1.807, 2.05) is 0 Å². The van der Waals surface area contributed by atoms with E-state index in [0.717, 1.165) is 12.8 Å². The Hall–Kier alpha value is -0.863. The number of hydrogen-bond donors (Lipinski definition) is 0. The van der Waals surface area contributed by atoms with Crippen LogP contribution in [0.4, 0.5) is 0 Å². The highest BCUT2D eigenvalue weighted by atomic mass is 28.4. The van der Waals surface area contributed by atoms with Crippen LogP contribution in [0.3, 0.4) is 0 Å². The van der Waals surface area contributed by atoms with E-state index in [1.165, 1.54) is 24.8 Å². The van der Waals surface area contributed by atoms with Gasteiger partial charge in [-0.05, 0) is 41.4 Å². The molecular weight excluding hydrogens is 332 g/mol. The molecule has 0 saturated carbocycles. The van der Waals surface area contributed by atoms with Crippen LogP contribution in [0.15, 0.2) is 42.5 Å². The first kappa shape index (κ1) is 23.2. The number of rotatable bonds is 12. The van der Waals surface area contributed by atoms with E-state index in [2.05, 4.69) is 91.0 Å². The van der Waals surface area contributed by atoms with Gasteiger partial charge in [-0.15, -0.1) is 0 Å². The molecule has 1 atom stereocenters. The second-order valence-corrected chi connectivity index (χ2v) is 14.0. The first-order chi connectivity index (χ1) is 12.3. The Morgan fingerprint density at radius 1 is 0.923 bits per heavy atom. The highest BCUT2D eigenvalue weighted by molar-refractivity contribution is 6.77. The Morgan fingerprint density at radius 3 is 2.00 bits per heavy atom. The Balaban J connectivity index is 2.95. The molecule has 0 radical (unpaired) electrons. The van der Waals surface area contributed by atoms with Crippen molar-refractivity contribution in [1.29, 1.82) is 0 Å². The van der Waals surface area contributed by atoms with Crippen LogP contribution >= 0.6 is 0 Å². The van der Waals surface area contributed by atoms with Gasteiger partial charge in [0, 0.05) is 0 Å². The number of hydrogen-bond acceptors (Lipinski definition) is 1. The third-order valence-electron chi connectivity index (χ3n) is 5.70. The van der Waals surface area contributed by atoms with Crippen LogP contribution in [-0.2, 0) is 10.8 Å². The van der Waals surface area contributed by atoms with E-state index in [1.54, 1.807) is 0 Å². The topological polar surface area (TPSA) is 9.23 Å². The van der Waals surface area contributed by atoms with Gasteiger partial charge < -0.3 is 4.43 Å². The van der Waals surface area contributed by atoms with Crippen molar-refractivity contribution < 1.29 is 4.43 Å². The molecule has 2 heteroatoms. The van der Waals surface area contributed by atoms with Gasteiger partial charge in [0.2, 0.25) is 8.32 Å². The van der Waals surface area contributed by atoms with Gasteiger partial charge in [-0.1, -0.05) is 104 Å². The van der Waals surface area contributed by atoms with Gasteiger partial charge in [-0.3, -0.25) is 0 Å². The molecule has 0 heterocycles. The Bertz CT molecular complexity index is 482. The number of aryl methyl sites for hydroxylation is 1. The molecule has 0 N–H and O–H groups in total. The lowest BCUT2D eigenvalue weighted by atomic mass is 10.1. The summed E-state index contributed by atoms with van der Waals surface area (Å²) in [6, 6.07) is 10.8. The molecule has 0 aromatic heterocycles. The highest BCUT2D eigenvalue weighted by Gasteiger charge is 2.46. The molecular formula is C24H42OSi. The second-order valence-electron chi connectivity index (χ2n) is 8.57. The average molecular weight is 375 g/mol. The summed E-state index contributed by atoms with van der Waals surface area (Å²) in [5.74, 6) is 0.